The van der Waals surface area contributed by atoms with Gasteiger partial charge in [0.2, 0.25) is 0 Å². The van der Waals surface area contributed by atoms with E-state index in [0.29, 0.717) is 34.9 Å². The third-order valence-electron chi connectivity index (χ3n) is 24.0. The molecular formula is C104H60N6O2. The number of hydrogen-bond acceptors (Lipinski definition) is 8. The molecule has 0 aliphatic heterocycles. The summed E-state index contributed by atoms with van der Waals surface area (Å²) in [7, 11) is 0. The summed E-state index contributed by atoms with van der Waals surface area (Å²) in [6.45, 7) is 0. The largest absolute Gasteiger partial charge is 0.456 e. The topological polar surface area (TPSA) is 104 Å². The Morgan fingerprint density at radius 1 is 0.188 bits per heavy atom. The maximum Gasteiger partial charge on any atom is 0.164 e. The van der Waals surface area contributed by atoms with Crippen LogP contribution in [0.4, 0.5) is 0 Å². The number of benzene rings is 16. The zero-order valence-electron chi connectivity index (χ0n) is 60.1. The van der Waals surface area contributed by atoms with Gasteiger partial charge in [-0.05, 0) is 159 Å². The molecule has 0 amide bonds. The average Bonchev–Trinajstić information content (AvgIpc) is 1.50. The molecule has 2 spiro atoms. The van der Waals surface area contributed by atoms with Crippen LogP contribution in [0.15, 0.2) is 373 Å². The molecule has 518 valence electrons. The van der Waals surface area contributed by atoms with E-state index in [9.17, 15) is 0 Å². The summed E-state index contributed by atoms with van der Waals surface area (Å²) in [5.74, 6) is 5.41. The highest BCUT2D eigenvalue weighted by atomic mass is 16.3. The molecule has 4 aromatic heterocycles. The molecular weight excluding hydrogens is 1370 g/mol. The summed E-state index contributed by atoms with van der Waals surface area (Å²) < 4.78 is 14.7. The first-order chi connectivity index (χ1) is 55.5. The fraction of sp³-hybridized carbons (Fsp3) is 0.0192. The Kier molecular flexibility index (Phi) is 13.2. The van der Waals surface area contributed by atoms with Gasteiger partial charge in [-0.25, -0.2) is 29.9 Å². The summed E-state index contributed by atoms with van der Waals surface area (Å²) in [6, 6.07) is 131. The summed E-state index contributed by atoms with van der Waals surface area (Å²) in [5, 5.41) is 6.74. The molecule has 4 aliphatic rings. The molecule has 112 heavy (non-hydrogen) atoms. The summed E-state index contributed by atoms with van der Waals surface area (Å²) in [4.78, 5) is 31.4. The normalized spacial score (nSPS) is 15.0. The van der Waals surface area contributed by atoms with Crippen molar-refractivity contribution in [3.05, 3.63) is 408 Å². The van der Waals surface area contributed by atoms with Crippen LogP contribution in [0.25, 0.3) is 190 Å². The molecule has 0 bridgehead atoms. The van der Waals surface area contributed by atoms with Gasteiger partial charge in [-0.15, -0.1) is 0 Å². The molecule has 0 radical (unpaired) electrons. The number of furan rings is 2. The zero-order valence-corrected chi connectivity index (χ0v) is 60.1. The van der Waals surface area contributed by atoms with Crippen LogP contribution in [0, 0.1) is 0 Å². The van der Waals surface area contributed by atoms with E-state index < -0.39 is 10.8 Å². The van der Waals surface area contributed by atoms with Gasteiger partial charge in [-0.3, -0.25) is 0 Å². The van der Waals surface area contributed by atoms with Gasteiger partial charge in [-0.1, -0.05) is 315 Å². The molecule has 2 unspecified atom stereocenters. The van der Waals surface area contributed by atoms with E-state index in [1.165, 1.54) is 55.6 Å². The minimum absolute atomic E-state index is 0.596. The lowest BCUT2D eigenvalue weighted by atomic mass is 9.69. The summed E-state index contributed by atoms with van der Waals surface area (Å²) in [6.07, 6.45) is 0. The van der Waals surface area contributed by atoms with Gasteiger partial charge in [0, 0.05) is 66.4 Å². The molecule has 0 fully saturated rings. The highest BCUT2D eigenvalue weighted by molar-refractivity contribution is 6.08. The predicted molar refractivity (Wildman–Crippen MR) is 449 cm³/mol. The van der Waals surface area contributed by atoms with Crippen LogP contribution in [0.3, 0.4) is 0 Å². The summed E-state index contributed by atoms with van der Waals surface area (Å²) >= 11 is 0. The van der Waals surface area contributed by atoms with E-state index in [1.54, 1.807) is 0 Å². The Hall–Kier alpha value is -14.9. The van der Waals surface area contributed by atoms with Gasteiger partial charge in [-0.2, -0.15) is 0 Å². The smallest absolute Gasteiger partial charge is 0.164 e. The molecule has 4 aliphatic carbocycles. The Morgan fingerprint density at radius 2 is 0.571 bits per heavy atom. The van der Waals surface area contributed by atoms with Crippen molar-refractivity contribution in [2.45, 2.75) is 10.8 Å². The Balaban J connectivity index is 0.656. The maximum absolute atomic E-state index is 7.45. The molecule has 20 aromatic rings. The SMILES string of the molecule is c1ccc(-c2nc(-c3cccc(-c4ccc5c(c4)-c4oc6ccccc6c4C54c5ccccc5-c5cc(-c6cccc7c6-c6oc8ccccc8c6C76c7ccccc7-c7ccc(-c8ccccc8-c8nc(-c9ccccc9)nc(-c9ccc%10ccccc%10c9)n8)cc76)ccc54)c3)nc(-c3ccc4ccccc4c3)n2)cc1. The Labute approximate surface area is 644 Å². The van der Waals surface area contributed by atoms with E-state index in [0.717, 1.165) is 144 Å². The highest BCUT2D eigenvalue weighted by Crippen LogP contribution is 2.69. The Morgan fingerprint density at radius 3 is 1.21 bits per heavy atom. The van der Waals surface area contributed by atoms with E-state index in [-0.39, 0.29) is 0 Å². The molecule has 0 N–H and O–H groups in total. The molecule has 4 heterocycles. The average molecular weight is 1430 g/mol. The van der Waals surface area contributed by atoms with Crippen LogP contribution < -0.4 is 0 Å². The van der Waals surface area contributed by atoms with Crippen molar-refractivity contribution in [2.24, 2.45) is 0 Å². The monoisotopic (exact) mass is 1420 g/mol. The van der Waals surface area contributed by atoms with Gasteiger partial charge in [0.25, 0.3) is 0 Å². The maximum atomic E-state index is 7.45. The molecule has 0 saturated carbocycles. The zero-order chi connectivity index (χ0) is 73.3. The number of nitrogens with zero attached hydrogens (tertiary/aromatic N) is 6. The molecule has 8 heteroatoms. The van der Waals surface area contributed by atoms with Crippen molar-refractivity contribution in [2.75, 3.05) is 0 Å². The second-order valence-electron chi connectivity index (χ2n) is 29.8. The fourth-order valence-electron chi connectivity index (χ4n) is 19.2. The van der Waals surface area contributed by atoms with E-state index in [2.05, 4.69) is 328 Å². The lowest BCUT2D eigenvalue weighted by Gasteiger charge is -2.30. The van der Waals surface area contributed by atoms with Gasteiger partial charge >= 0.3 is 0 Å². The van der Waals surface area contributed by atoms with Gasteiger partial charge in [0.15, 0.2) is 34.9 Å². The first-order valence-electron chi connectivity index (χ1n) is 38.1. The molecule has 24 rings (SSSR count). The van der Waals surface area contributed by atoms with Gasteiger partial charge in [0.05, 0.1) is 10.8 Å². The number of rotatable bonds is 9. The molecule has 0 saturated heterocycles. The standard InChI is InChI=1S/C104H60N6O2/c1-3-25-63(26-4-1)97-105-99(108-100(106-97)72-47-45-61-23-7-9-29-65(61)55-72)71-32-21-31-67(57-71)68-50-53-87-83(58-68)95-93(80-37-15-19-43-90(80)111-95)103(87)85-41-18-14-35-77(85)82-59-69(51-54-86(82)103)75-39-22-42-88-92(75)96-94(81-38-16-20-44-91(81)112-96)104(88)84-40-17-13-34-76(84)78-52-49-70(60-89(78)104)74-33-11-12-36-79(74)102-109-98(64-27-5-2-6-28-64)107-101(110-102)73-48-46-62-24-8-10-30-66(62)56-73/h1-60H. The number of aromatic nitrogens is 6. The minimum Gasteiger partial charge on any atom is -0.456 e. The van der Waals surface area contributed by atoms with Crippen LogP contribution in [-0.2, 0) is 10.8 Å². The van der Waals surface area contributed by atoms with Crippen molar-refractivity contribution in [3.8, 4) is 147 Å². The van der Waals surface area contributed by atoms with Crippen LogP contribution in [-0.4, -0.2) is 29.9 Å². The van der Waals surface area contributed by atoms with E-state index >= 15 is 0 Å². The van der Waals surface area contributed by atoms with Crippen LogP contribution in [0.2, 0.25) is 0 Å². The van der Waals surface area contributed by atoms with Crippen molar-refractivity contribution in [1.82, 2.24) is 29.9 Å². The number of fused-ring (bicyclic) bond motifs is 26. The lowest BCUT2D eigenvalue weighted by Crippen LogP contribution is -2.26. The van der Waals surface area contributed by atoms with E-state index in [4.69, 9.17) is 38.7 Å². The van der Waals surface area contributed by atoms with Crippen molar-refractivity contribution >= 4 is 43.5 Å². The van der Waals surface area contributed by atoms with Gasteiger partial charge < -0.3 is 8.83 Å². The van der Waals surface area contributed by atoms with E-state index in [1.807, 2.05) is 36.4 Å². The third-order valence-corrected chi connectivity index (χ3v) is 24.0. The number of para-hydroxylation sites is 2. The third kappa shape index (κ3) is 8.94. The van der Waals surface area contributed by atoms with Crippen molar-refractivity contribution in [1.29, 1.82) is 0 Å². The fourth-order valence-corrected chi connectivity index (χ4v) is 19.2. The second-order valence-corrected chi connectivity index (χ2v) is 29.8. The summed E-state index contributed by atoms with van der Waals surface area (Å²) in [5.41, 5.74) is 28.4. The first-order valence-corrected chi connectivity index (χ1v) is 38.1. The number of hydrogen-bond donors (Lipinski definition) is 0. The van der Waals surface area contributed by atoms with Crippen LogP contribution in [0.1, 0.15) is 44.5 Å². The Bertz CT molecular complexity index is 7420. The second kappa shape index (κ2) is 23.8. The van der Waals surface area contributed by atoms with Gasteiger partial charge in [0.1, 0.15) is 22.7 Å². The minimum atomic E-state index is -0.790. The molecule has 16 aromatic carbocycles. The van der Waals surface area contributed by atoms with Crippen LogP contribution >= 0.6 is 0 Å². The predicted octanol–water partition coefficient (Wildman–Crippen LogP) is 25.5. The molecule has 8 nitrogen and oxygen atoms in total. The molecule has 2 atom stereocenters. The van der Waals surface area contributed by atoms with Crippen molar-refractivity contribution < 1.29 is 8.83 Å². The quantitative estimate of drug-likeness (QED) is 0.141. The highest BCUT2D eigenvalue weighted by Gasteiger charge is 2.57. The first kappa shape index (κ1) is 62.2. The van der Waals surface area contributed by atoms with Crippen molar-refractivity contribution in [3.63, 3.8) is 0 Å². The van der Waals surface area contributed by atoms with Crippen LogP contribution in [0.5, 0.6) is 0 Å². The lowest BCUT2D eigenvalue weighted by molar-refractivity contribution is 0.628.